The van der Waals surface area contributed by atoms with Gasteiger partial charge in [-0.2, -0.15) is 0 Å². The van der Waals surface area contributed by atoms with Crippen molar-refractivity contribution in [3.63, 3.8) is 0 Å². The first-order valence-corrected chi connectivity index (χ1v) is 17.3. The van der Waals surface area contributed by atoms with Crippen LogP contribution in [0.4, 0.5) is 0 Å². The van der Waals surface area contributed by atoms with Crippen LogP contribution in [0.5, 0.6) is 0 Å². The lowest BCUT2D eigenvalue weighted by molar-refractivity contribution is 0.0211. The Bertz CT molecular complexity index is 849. The van der Waals surface area contributed by atoms with Gasteiger partial charge in [-0.05, 0) is 53.6 Å². The van der Waals surface area contributed by atoms with Gasteiger partial charge in [-0.15, -0.1) is 23.5 Å². The van der Waals surface area contributed by atoms with Crippen LogP contribution in [0, 0.1) is 0 Å². The zero-order valence-electron chi connectivity index (χ0n) is 21.5. The molecule has 1 saturated heterocycles. The lowest BCUT2D eigenvalue weighted by Gasteiger charge is -2.44. The van der Waals surface area contributed by atoms with Crippen molar-refractivity contribution >= 4 is 31.8 Å². The molecule has 0 amide bonds. The fraction of sp³-hybridized carbons (Fsp3) is 0.571. The number of rotatable bonds is 11. The number of ether oxygens (including phenoxy) is 1. The highest BCUT2D eigenvalue weighted by molar-refractivity contribution is 8.18. The van der Waals surface area contributed by atoms with Crippen LogP contribution in [-0.4, -0.2) is 41.7 Å². The van der Waals surface area contributed by atoms with E-state index < -0.39 is 14.4 Å². The summed E-state index contributed by atoms with van der Waals surface area (Å²) in [7, 11) is -1.97. The average Bonchev–Trinajstić information content (AvgIpc) is 2.79. The molecular formula is C28H42O3S2Si. The maximum absolute atomic E-state index is 11.0. The van der Waals surface area contributed by atoms with Gasteiger partial charge >= 0.3 is 0 Å². The first kappa shape index (κ1) is 27.8. The lowest BCUT2D eigenvalue weighted by Crippen LogP contribution is -2.43. The van der Waals surface area contributed by atoms with E-state index in [9.17, 15) is 5.11 Å². The van der Waals surface area contributed by atoms with E-state index in [1.807, 2.05) is 41.7 Å². The molecule has 1 fully saturated rings. The summed E-state index contributed by atoms with van der Waals surface area (Å²) in [4.78, 5) is 0. The number of thioether (sulfide) groups is 2. The lowest BCUT2D eigenvalue weighted by atomic mass is 10.0. The van der Waals surface area contributed by atoms with Crippen LogP contribution >= 0.6 is 23.5 Å². The molecule has 3 rings (SSSR count). The van der Waals surface area contributed by atoms with Crippen LogP contribution in [0.3, 0.4) is 0 Å². The highest BCUT2D eigenvalue weighted by atomic mass is 32.2. The summed E-state index contributed by atoms with van der Waals surface area (Å²) in [5.41, 5.74) is 2.38. The Morgan fingerprint density at radius 1 is 0.941 bits per heavy atom. The predicted octanol–water partition coefficient (Wildman–Crippen LogP) is 7.67. The number of aliphatic hydroxyl groups excluding tert-OH is 1. The summed E-state index contributed by atoms with van der Waals surface area (Å²) in [5, 5.41) is 11.1. The summed E-state index contributed by atoms with van der Waals surface area (Å²) in [5.74, 6) is 2.26. The predicted molar refractivity (Wildman–Crippen MR) is 151 cm³/mol. The van der Waals surface area contributed by atoms with Gasteiger partial charge in [0.05, 0.1) is 29.5 Å². The Morgan fingerprint density at radius 3 is 2.12 bits per heavy atom. The fourth-order valence-electron chi connectivity index (χ4n) is 3.95. The maximum Gasteiger partial charge on any atom is 0.192 e. The second-order valence-electron chi connectivity index (χ2n) is 10.8. The third-order valence-electron chi connectivity index (χ3n) is 6.90. The van der Waals surface area contributed by atoms with Gasteiger partial charge in [-0.1, -0.05) is 81.4 Å². The fourth-order valence-corrected chi connectivity index (χ4v) is 8.73. The van der Waals surface area contributed by atoms with Gasteiger partial charge in [0, 0.05) is 6.42 Å². The number of hydrogen-bond donors (Lipinski definition) is 1. The molecule has 188 valence electrons. The minimum Gasteiger partial charge on any atom is -0.410 e. The van der Waals surface area contributed by atoms with E-state index in [0.29, 0.717) is 19.6 Å². The molecule has 0 saturated carbocycles. The molecule has 34 heavy (non-hydrogen) atoms. The van der Waals surface area contributed by atoms with Crippen LogP contribution in [0.1, 0.15) is 57.3 Å². The molecule has 0 aromatic heterocycles. The molecule has 2 aromatic carbocycles. The third kappa shape index (κ3) is 8.14. The molecule has 2 atom stereocenters. The molecule has 0 aliphatic carbocycles. The van der Waals surface area contributed by atoms with Crippen molar-refractivity contribution in [3.8, 4) is 0 Å². The normalized spacial score (nSPS) is 18.4. The Morgan fingerprint density at radius 2 is 1.53 bits per heavy atom. The Balaban J connectivity index is 1.73. The zero-order chi connectivity index (χ0) is 24.7. The van der Waals surface area contributed by atoms with Crippen molar-refractivity contribution in [1.29, 1.82) is 0 Å². The molecular weight excluding hydrogens is 477 g/mol. The summed E-state index contributed by atoms with van der Waals surface area (Å²) in [6, 6.07) is 20.8. The van der Waals surface area contributed by atoms with E-state index >= 15 is 0 Å². The first-order chi connectivity index (χ1) is 16.1. The minimum atomic E-state index is -1.97. The average molecular weight is 519 g/mol. The molecule has 6 heteroatoms. The Labute approximate surface area is 216 Å². The summed E-state index contributed by atoms with van der Waals surface area (Å²) >= 11 is 4.02. The number of benzene rings is 2. The SMILES string of the molecule is CC(C)(C)[Si](C)(C)O[C@@H](CC1(C[C@H](O)COCc2ccccc2)SCCCS1)c1ccccc1. The number of aliphatic hydroxyl groups is 1. The summed E-state index contributed by atoms with van der Waals surface area (Å²) in [6.07, 6.45) is 2.36. The van der Waals surface area contributed by atoms with Gasteiger partial charge in [-0.3, -0.25) is 0 Å². The Hall–Kier alpha value is -0.763. The van der Waals surface area contributed by atoms with Gasteiger partial charge < -0.3 is 14.3 Å². The molecule has 0 bridgehead atoms. The monoisotopic (exact) mass is 518 g/mol. The minimum absolute atomic E-state index is 0.0256. The van der Waals surface area contributed by atoms with Gasteiger partial charge in [0.1, 0.15) is 0 Å². The van der Waals surface area contributed by atoms with Gasteiger partial charge in [-0.25, -0.2) is 0 Å². The second kappa shape index (κ2) is 12.5. The number of hydrogen-bond acceptors (Lipinski definition) is 5. The molecule has 0 spiro atoms. The highest BCUT2D eigenvalue weighted by Gasteiger charge is 2.43. The smallest absolute Gasteiger partial charge is 0.192 e. The third-order valence-corrected chi connectivity index (χ3v) is 14.8. The first-order valence-electron chi connectivity index (χ1n) is 12.4. The molecule has 1 heterocycles. The largest absolute Gasteiger partial charge is 0.410 e. The topological polar surface area (TPSA) is 38.7 Å². The molecule has 1 N–H and O–H groups in total. The molecule has 1 aliphatic heterocycles. The summed E-state index contributed by atoms with van der Waals surface area (Å²) in [6.45, 7) is 12.5. The van der Waals surface area contributed by atoms with E-state index in [-0.39, 0.29) is 15.2 Å². The van der Waals surface area contributed by atoms with E-state index in [0.717, 1.165) is 23.5 Å². The second-order valence-corrected chi connectivity index (χ2v) is 18.8. The van der Waals surface area contributed by atoms with E-state index in [1.54, 1.807) is 0 Å². The van der Waals surface area contributed by atoms with Crippen molar-refractivity contribution in [2.75, 3.05) is 18.1 Å². The van der Waals surface area contributed by atoms with E-state index in [2.05, 4.69) is 76.3 Å². The van der Waals surface area contributed by atoms with Crippen LogP contribution in [0.2, 0.25) is 18.1 Å². The van der Waals surface area contributed by atoms with Crippen LogP contribution in [0.25, 0.3) is 0 Å². The van der Waals surface area contributed by atoms with Crippen LogP contribution < -0.4 is 0 Å². The van der Waals surface area contributed by atoms with Crippen molar-refractivity contribution < 1.29 is 14.3 Å². The van der Waals surface area contributed by atoms with Gasteiger partial charge in [0.25, 0.3) is 0 Å². The van der Waals surface area contributed by atoms with Gasteiger partial charge in [0.15, 0.2) is 8.32 Å². The molecule has 0 unspecified atom stereocenters. The molecule has 1 aliphatic rings. The quantitative estimate of drug-likeness (QED) is 0.309. The maximum atomic E-state index is 11.0. The van der Waals surface area contributed by atoms with Crippen LogP contribution in [-0.2, 0) is 15.8 Å². The standard InChI is InChI=1S/C28H42O3S2Si/c1-27(2,3)34(4,5)31-26(24-15-10-7-11-16-24)20-28(32-17-12-18-33-28)19-25(29)22-30-21-23-13-8-6-9-14-23/h6-11,13-16,25-26,29H,12,17-22H2,1-5H3/t25-,26-/m0/s1. The van der Waals surface area contributed by atoms with E-state index in [1.165, 1.54) is 12.0 Å². The Kier molecular flexibility index (Phi) is 10.2. The van der Waals surface area contributed by atoms with Gasteiger partial charge in [0.2, 0.25) is 0 Å². The molecule has 2 aromatic rings. The molecule has 0 radical (unpaired) electrons. The van der Waals surface area contributed by atoms with Crippen molar-refractivity contribution in [1.82, 2.24) is 0 Å². The van der Waals surface area contributed by atoms with Crippen LogP contribution in [0.15, 0.2) is 60.7 Å². The van der Waals surface area contributed by atoms with Crippen molar-refractivity contribution in [2.24, 2.45) is 0 Å². The molecule has 3 nitrogen and oxygen atoms in total. The highest BCUT2D eigenvalue weighted by Crippen LogP contribution is 2.52. The zero-order valence-corrected chi connectivity index (χ0v) is 24.1. The van der Waals surface area contributed by atoms with Crippen molar-refractivity contribution in [2.45, 2.75) is 81.1 Å². The summed E-state index contributed by atoms with van der Waals surface area (Å²) < 4.78 is 12.9. The van der Waals surface area contributed by atoms with E-state index in [4.69, 9.17) is 9.16 Å². The van der Waals surface area contributed by atoms with Crippen molar-refractivity contribution in [3.05, 3.63) is 71.8 Å².